The van der Waals surface area contributed by atoms with Gasteiger partial charge in [0.1, 0.15) is 0 Å². The van der Waals surface area contributed by atoms with Gasteiger partial charge in [0.05, 0.1) is 0 Å². The Hall–Kier alpha value is -3.03. The van der Waals surface area contributed by atoms with Crippen LogP contribution in [-0.2, 0) is 4.79 Å². The van der Waals surface area contributed by atoms with Gasteiger partial charge in [-0.25, -0.2) is 0 Å². The molecule has 0 aliphatic carbocycles. The third kappa shape index (κ3) is 4.97. The van der Waals surface area contributed by atoms with E-state index in [2.05, 4.69) is 5.32 Å². The third-order valence-electron chi connectivity index (χ3n) is 3.28. The first-order valence-electron chi connectivity index (χ1n) is 7.24. The van der Waals surface area contributed by atoms with E-state index in [1.807, 2.05) is 19.0 Å². The predicted molar refractivity (Wildman–Crippen MR) is 89.8 cm³/mol. The minimum atomic E-state index is -4.98. The zero-order valence-corrected chi connectivity index (χ0v) is 13.5. The highest BCUT2D eigenvalue weighted by Gasteiger charge is 2.38. The van der Waals surface area contributed by atoms with Crippen LogP contribution in [0.3, 0.4) is 0 Å². The fourth-order valence-corrected chi connectivity index (χ4v) is 1.99. The lowest BCUT2D eigenvalue weighted by atomic mass is 10.2. The van der Waals surface area contributed by atoms with Gasteiger partial charge >= 0.3 is 12.1 Å². The molecule has 0 heterocycles. The lowest BCUT2D eigenvalue weighted by Gasteiger charge is -2.13. The van der Waals surface area contributed by atoms with E-state index in [0.717, 1.165) is 5.69 Å². The summed E-state index contributed by atoms with van der Waals surface area (Å²) in [5, 5.41) is 4.31. The number of carbonyl (C=O) groups is 2. The monoisotopic (exact) mass is 351 g/mol. The fourth-order valence-electron chi connectivity index (χ4n) is 1.99. The van der Waals surface area contributed by atoms with Crippen LogP contribution in [0.5, 0.6) is 0 Å². The van der Waals surface area contributed by atoms with Crippen LogP contribution in [0.1, 0.15) is 10.4 Å². The molecule has 5 nitrogen and oxygen atoms in total. The van der Waals surface area contributed by atoms with Crippen molar-refractivity contribution in [3.8, 4) is 0 Å². The topological polar surface area (TPSA) is 61.4 Å². The zero-order chi connectivity index (χ0) is 18.6. The van der Waals surface area contributed by atoms with Crippen LogP contribution in [0.15, 0.2) is 48.5 Å². The molecular weight excluding hydrogens is 335 g/mol. The van der Waals surface area contributed by atoms with E-state index < -0.39 is 18.0 Å². The Morgan fingerprint density at radius 2 is 1.48 bits per heavy atom. The molecule has 2 rings (SSSR count). The van der Waals surface area contributed by atoms with Crippen molar-refractivity contribution < 1.29 is 22.8 Å². The Balaban J connectivity index is 2.08. The molecule has 132 valence electrons. The highest BCUT2D eigenvalue weighted by atomic mass is 19.4. The van der Waals surface area contributed by atoms with Crippen molar-refractivity contribution in [2.24, 2.45) is 0 Å². The molecule has 25 heavy (non-hydrogen) atoms. The third-order valence-corrected chi connectivity index (χ3v) is 3.28. The van der Waals surface area contributed by atoms with Crippen LogP contribution >= 0.6 is 0 Å². The molecule has 0 aliphatic rings. The Morgan fingerprint density at radius 1 is 0.920 bits per heavy atom. The summed E-state index contributed by atoms with van der Waals surface area (Å²) in [6.07, 6.45) is -4.98. The normalized spacial score (nSPS) is 10.9. The van der Waals surface area contributed by atoms with Crippen molar-refractivity contribution in [3.05, 3.63) is 54.1 Å². The quantitative estimate of drug-likeness (QED) is 0.886. The van der Waals surface area contributed by atoms with Crippen LogP contribution in [-0.4, -0.2) is 32.1 Å². The summed E-state index contributed by atoms with van der Waals surface area (Å²) < 4.78 is 36.8. The number of nitrogens with zero attached hydrogens (tertiary/aromatic N) is 1. The van der Waals surface area contributed by atoms with Crippen LogP contribution in [0, 0.1) is 0 Å². The van der Waals surface area contributed by atoms with Crippen LogP contribution in [0.4, 0.5) is 30.2 Å². The number of rotatable bonds is 4. The molecule has 0 bridgehead atoms. The van der Waals surface area contributed by atoms with Gasteiger partial charge in [0.15, 0.2) is 0 Å². The van der Waals surface area contributed by atoms with E-state index in [9.17, 15) is 22.8 Å². The number of nitrogens with one attached hydrogen (secondary N) is 2. The lowest BCUT2D eigenvalue weighted by Crippen LogP contribution is -2.29. The second-order valence-corrected chi connectivity index (χ2v) is 5.43. The summed E-state index contributed by atoms with van der Waals surface area (Å²) in [7, 11) is 3.74. The van der Waals surface area contributed by atoms with Gasteiger partial charge in [-0.1, -0.05) is 6.07 Å². The molecule has 0 aliphatic heterocycles. The van der Waals surface area contributed by atoms with Gasteiger partial charge in [-0.05, 0) is 42.5 Å². The van der Waals surface area contributed by atoms with Gasteiger partial charge in [0.25, 0.3) is 5.91 Å². The van der Waals surface area contributed by atoms with E-state index in [1.165, 1.54) is 24.3 Å². The largest absolute Gasteiger partial charge is 0.471 e. The standard InChI is InChI=1S/C17H16F3N3O2/c1-23(2)14-8-6-11(7-9-14)15(24)21-12-4-3-5-13(10-12)22-16(25)17(18,19)20/h3-10H,1-2H3,(H,21,24)(H,22,25). The number of hydrogen-bond donors (Lipinski definition) is 2. The zero-order valence-electron chi connectivity index (χ0n) is 13.5. The summed E-state index contributed by atoms with van der Waals surface area (Å²) in [5.41, 5.74) is 1.52. The van der Waals surface area contributed by atoms with Crippen molar-refractivity contribution in [2.45, 2.75) is 6.18 Å². The molecule has 2 amide bonds. The summed E-state index contributed by atoms with van der Waals surface area (Å²) in [6, 6.07) is 12.3. The summed E-state index contributed by atoms with van der Waals surface area (Å²) >= 11 is 0. The second-order valence-electron chi connectivity index (χ2n) is 5.43. The van der Waals surface area contributed by atoms with Gasteiger partial charge < -0.3 is 15.5 Å². The Labute approximate surface area is 142 Å². The highest BCUT2D eigenvalue weighted by molar-refractivity contribution is 6.05. The van der Waals surface area contributed by atoms with Crippen molar-refractivity contribution in [1.29, 1.82) is 0 Å². The maximum absolute atomic E-state index is 12.3. The molecule has 0 atom stereocenters. The highest BCUT2D eigenvalue weighted by Crippen LogP contribution is 2.21. The minimum Gasteiger partial charge on any atom is -0.378 e. The summed E-state index contributed by atoms with van der Waals surface area (Å²) in [5.74, 6) is -2.49. The Morgan fingerprint density at radius 3 is 2.00 bits per heavy atom. The molecule has 0 saturated heterocycles. The SMILES string of the molecule is CN(C)c1ccc(C(=O)Nc2cccc(NC(=O)C(F)(F)F)c2)cc1. The first-order chi connectivity index (χ1) is 11.7. The predicted octanol–water partition coefficient (Wildman–Crippen LogP) is 3.51. The van der Waals surface area contributed by atoms with Gasteiger partial charge in [-0.3, -0.25) is 9.59 Å². The molecule has 0 spiro atoms. The number of anilines is 3. The molecular formula is C17H16F3N3O2. The van der Waals surface area contributed by atoms with Crippen LogP contribution < -0.4 is 15.5 Å². The molecule has 0 radical (unpaired) electrons. The number of hydrogen-bond acceptors (Lipinski definition) is 3. The number of alkyl halides is 3. The summed E-state index contributed by atoms with van der Waals surface area (Å²) in [4.78, 5) is 25.0. The van der Waals surface area contributed by atoms with Crippen molar-refractivity contribution in [2.75, 3.05) is 29.6 Å². The van der Waals surface area contributed by atoms with Gasteiger partial charge in [-0.15, -0.1) is 0 Å². The Kier molecular flexibility index (Phi) is 5.31. The number of benzene rings is 2. The molecule has 2 aromatic carbocycles. The fraction of sp³-hybridized carbons (Fsp3) is 0.176. The van der Waals surface area contributed by atoms with E-state index in [-0.39, 0.29) is 11.4 Å². The van der Waals surface area contributed by atoms with Crippen molar-refractivity contribution in [3.63, 3.8) is 0 Å². The number of halogens is 3. The average Bonchev–Trinajstić information content (AvgIpc) is 2.54. The minimum absolute atomic E-state index is 0.0666. The van der Waals surface area contributed by atoms with Crippen LogP contribution in [0.2, 0.25) is 0 Å². The van der Waals surface area contributed by atoms with Gasteiger partial charge in [0.2, 0.25) is 0 Å². The molecule has 0 unspecified atom stereocenters. The molecule has 0 aromatic heterocycles. The summed E-state index contributed by atoms with van der Waals surface area (Å²) in [6.45, 7) is 0. The molecule has 0 saturated carbocycles. The number of amides is 2. The molecule has 0 fully saturated rings. The average molecular weight is 351 g/mol. The second kappa shape index (κ2) is 7.25. The number of carbonyl (C=O) groups excluding carboxylic acids is 2. The van der Waals surface area contributed by atoms with Crippen LogP contribution in [0.25, 0.3) is 0 Å². The van der Waals surface area contributed by atoms with E-state index in [0.29, 0.717) is 5.56 Å². The van der Waals surface area contributed by atoms with E-state index in [4.69, 9.17) is 0 Å². The van der Waals surface area contributed by atoms with Crippen molar-refractivity contribution >= 4 is 28.9 Å². The van der Waals surface area contributed by atoms with E-state index in [1.54, 1.807) is 29.6 Å². The lowest BCUT2D eigenvalue weighted by molar-refractivity contribution is -0.167. The smallest absolute Gasteiger partial charge is 0.378 e. The maximum atomic E-state index is 12.3. The molecule has 2 N–H and O–H groups in total. The first-order valence-corrected chi connectivity index (χ1v) is 7.24. The molecule has 8 heteroatoms. The van der Waals surface area contributed by atoms with E-state index >= 15 is 0 Å². The van der Waals surface area contributed by atoms with Crippen molar-refractivity contribution in [1.82, 2.24) is 0 Å². The first kappa shape index (κ1) is 18.3. The molecule has 2 aromatic rings. The van der Waals surface area contributed by atoms with Gasteiger partial charge in [0, 0.05) is 36.7 Å². The van der Waals surface area contributed by atoms with Gasteiger partial charge in [-0.2, -0.15) is 13.2 Å². The Bertz CT molecular complexity index is 771. The maximum Gasteiger partial charge on any atom is 0.471 e.